The summed E-state index contributed by atoms with van der Waals surface area (Å²) < 4.78 is 22.9. The van der Waals surface area contributed by atoms with Crippen LogP contribution in [0, 0.1) is 11.8 Å². The van der Waals surface area contributed by atoms with E-state index in [9.17, 15) is 19.2 Å². The van der Waals surface area contributed by atoms with Gasteiger partial charge in [-0.2, -0.15) is 0 Å². The number of para-hydroxylation sites is 1. The first-order valence-electron chi connectivity index (χ1n) is 11.4. The number of hydrogen-bond donors (Lipinski definition) is 2. The summed E-state index contributed by atoms with van der Waals surface area (Å²) in [7, 11) is 1.58. The zero-order valence-electron chi connectivity index (χ0n) is 19.8. The van der Waals surface area contributed by atoms with Crippen molar-refractivity contribution in [1.29, 1.82) is 0 Å². The number of benzene rings is 2. The minimum atomic E-state index is -1.25. The molecule has 1 unspecified atom stereocenters. The number of pyridine rings is 1. The van der Waals surface area contributed by atoms with Crippen LogP contribution < -0.4 is 19.7 Å². The van der Waals surface area contributed by atoms with E-state index in [-0.39, 0.29) is 29.7 Å². The van der Waals surface area contributed by atoms with Crippen LogP contribution in [0.3, 0.4) is 0 Å². The molecule has 0 radical (unpaired) electrons. The highest BCUT2D eigenvalue weighted by molar-refractivity contribution is 7.93. The van der Waals surface area contributed by atoms with Gasteiger partial charge in [0.1, 0.15) is 35.6 Å². The van der Waals surface area contributed by atoms with Crippen LogP contribution in [0.15, 0.2) is 66.9 Å². The Kier molecular flexibility index (Phi) is 6.76. The maximum absolute atomic E-state index is 13.2. The third kappa shape index (κ3) is 5.54. The molecule has 0 aliphatic carbocycles. The lowest BCUT2D eigenvalue weighted by Crippen LogP contribution is -2.53. The van der Waals surface area contributed by atoms with Crippen molar-refractivity contribution in [2.45, 2.75) is 11.6 Å². The highest BCUT2D eigenvalue weighted by atomic mass is 32.2. The van der Waals surface area contributed by atoms with Gasteiger partial charge in [-0.15, -0.1) is 0 Å². The number of hydrogen-bond acceptors (Lipinski definition) is 7. The van der Waals surface area contributed by atoms with Crippen molar-refractivity contribution >= 4 is 28.7 Å². The lowest BCUT2D eigenvalue weighted by atomic mass is 10.1. The predicted molar refractivity (Wildman–Crippen MR) is 137 cm³/mol. The Morgan fingerprint density at radius 2 is 2.00 bits per heavy atom. The molecule has 37 heavy (non-hydrogen) atoms. The molecule has 9 nitrogen and oxygen atoms in total. The minimum Gasteiger partial charge on any atom is -0.616 e. The lowest BCUT2D eigenvalue weighted by Gasteiger charge is -2.32. The summed E-state index contributed by atoms with van der Waals surface area (Å²) in [4.78, 5) is 31.6. The molecule has 3 aromatic rings. The fourth-order valence-electron chi connectivity index (χ4n) is 3.89. The summed E-state index contributed by atoms with van der Waals surface area (Å²) in [5.74, 6) is 6.49. The fraction of sp³-hybridized carbons (Fsp3) is 0.222. The van der Waals surface area contributed by atoms with Crippen LogP contribution in [-0.2, 0) is 16.0 Å². The molecule has 10 heteroatoms. The van der Waals surface area contributed by atoms with Gasteiger partial charge in [0.05, 0.1) is 5.69 Å². The minimum absolute atomic E-state index is 0.0707. The first-order valence-corrected chi connectivity index (χ1v) is 12.9. The number of nitrogens with one attached hydrogen (secondary N) is 1. The Bertz CT molecular complexity index is 1400. The monoisotopic (exact) mass is 517 g/mol. The predicted octanol–water partition coefficient (Wildman–Crippen LogP) is 1.87. The molecule has 3 heterocycles. The Hall–Kier alpha value is -4.04. The van der Waals surface area contributed by atoms with Gasteiger partial charge in [-0.3, -0.25) is 14.6 Å². The van der Waals surface area contributed by atoms with Gasteiger partial charge in [0.25, 0.3) is 11.8 Å². The number of amides is 2. The Labute approximate surface area is 216 Å². The molecule has 2 aromatic carbocycles. The molecule has 2 aliphatic heterocycles. The number of rotatable bonds is 4. The van der Waals surface area contributed by atoms with E-state index in [0.717, 1.165) is 0 Å². The average molecular weight is 518 g/mol. The number of ether oxygens (including phenoxy) is 2. The average Bonchev–Trinajstić information content (AvgIpc) is 2.99. The van der Waals surface area contributed by atoms with Gasteiger partial charge >= 0.3 is 0 Å². The molecule has 1 atom stereocenters. The highest BCUT2D eigenvalue weighted by Gasteiger charge is 2.45. The van der Waals surface area contributed by atoms with E-state index >= 15 is 0 Å². The molecular formula is C27H23N3O6S. The van der Waals surface area contributed by atoms with Crippen LogP contribution in [-0.4, -0.2) is 63.3 Å². The third-order valence-corrected chi connectivity index (χ3v) is 7.44. The van der Waals surface area contributed by atoms with Crippen LogP contribution in [0.1, 0.15) is 16.1 Å². The topological polar surface area (TPSA) is 124 Å². The zero-order chi connectivity index (χ0) is 26.0. The highest BCUT2D eigenvalue weighted by Crippen LogP contribution is 2.32. The number of fused-ring (bicyclic) bond motifs is 1. The third-order valence-electron chi connectivity index (χ3n) is 5.84. The van der Waals surface area contributed by atoms with E-state index in [1.54, 1.807) is 43.4 Å². The molecule has 1 saturated heterocycles. The van der Waals surface area contributed by atoms with Crippen molar-refractivity contribution in [2.75, 3.05) is 30.1 Å². The van der Waals surface area contributed by atoms with E-state index in [0.29, 0.717) is 28.5 Å². The number of aromatic nitrogens is 1. The van der Waals surface area contributed by atoms with Crippen molar-refractivity contribution in [2.24, 2.45) is 0 Å². The Balaban J connectivity index is 1.28. The Morgan fingerprint density at radius 3 is 2.76 bits per heavy atom. The summed E-state index contributed by atoms with van der Waals surface area (Å²) >= 11 is -1.04. The van der Waals surface area contributed by atoms with Gasteiger partial charge in [-0.25, -0.2) is 0 Å². The molecule has 188 valence electrons. The molecule has 2 amide bonds. The summed E-state index contributed by atoms with van der Waals surface area (Å²) in [6.07, 6.45) is 1.46. The SMILES string of the molecule is CN1C(=O)C(NC(=O)c2cc(Oc3ccccc3)ccn2)COc2ccc(C#CC3(O)C[S+]([O-])C3)cc21. The second kappa shape index (κ2) is 10.1. The number of carbonyl (C=O) groups is 2. The fourth-order valence-corrected chi connectivity index (χ4v) is 5.01. The molecule has 0 bridgehead atoms. The molecular weight excluding hydrogens is 494 g/mol. The number of anilines is 1. The lowest BCUT2D eigenvalue weighted by molar-refractivity contribution is -0.120. The van der Waals surface area contributed by atoms with E-state index in [4.69, 9.17) is 9.47 Å². The normalized spacial score (nSPS) is 22.4. The van der Waals surface area contributed by atoms with Gasteiger partial charge in [-0.1, -0.05) is 30.0 Å². The number of nitrogens with zero attached hydrogens (tertiary/aromatic N) is 2. The van der Waals surface area contributed by atoms with E-state index < -0.39 is 28.7 Å². The summed E-state index contributed by atoms with van der Waals surface area (Å²) in [6, 6.07) is 16.4. The second-order valence-corrected chi connectivity index (χ2v) is 10.2. The molecule has 2 N–H and O–H groups in total. The van der Waals surface area contributed by atoms with Gasteiger partial charge < -0.3 is 29.3 Å². The molecule has 2 aliphatic rings. The van der Waals surface area contributed by atoms with E-state index in [1.165, 1.54) is 17.2 Å². The maximum atomic E-state index is 13.2. The van der Waals surface area contributed by atoms with Crippen molar-refractivity contribution in [3.63, 3.8) is 0 Å². The number of aliphatic hydroxyl groups is 1. The zero-order valence-corrected chi connectivity index (χ0v) is 20.7. The van der Waals surface area contributed by atoms with Gasteiger partial charge in [0.2, 0.25) is 5.60 Å². The van der Waals surface area contributed by atoms with Crippen LogP contribution >= 0.6 is 0 Å². The quantitative estimate of drug-likeness (QED) is 0.400. The van der Waals surface area contributed by atoms with Gasteiger partial charge in [0, 0.05) is 24.9 Å². The first-order chi connectivity index (χ1) is 17.8. The molecule has 0 saturated carbocycles. The van der Waals surface area contributed by atoms with Gasteiger partial charge in [-0.05, 0) is 47.6 Å². The van der Waals surface area contributed by atoms with Crippen LogP contribution in [0.4, 0.5) is 5.69 Å². The standard InChI is InChI=1S/C27H23N3O6S/c1-30-23-13-18(9-11-27(33)16-37(34)17-27)7-8-24(23)35-15-22(26(30)32)29-25(31)21-14-20(10-12-28-21)36-19-5-3-2-4-6-19/h2-8,10,12-14,22,33H,15-17H2,1H3,(H,29,31). The van der Waals surface area contributed by atoms with Crippen molar-refractivity contribution in [3.05, 3.63) is 78.1 Å². The van der Waals surface area contributed by atoms with Gasteiger partial charge in [0.15, 0.2) is 11.5 Å². The van der Waals surface area contributed by atoms with Crippen LogP contribution in [0.25, 0.3) is 0 Å². The summed E-state index contributed by atoms with van der Waals surface area (Å²) in [5, 5.41) is 12.9. The van der Waals surface area contributed by atoms with Crippen molar-refractivity contribution < 1.29 is 28.7 Å². The van der Waals surface area contributed by atoms with E-state index in [2.05, 4.69) is 22.1 Å². The van der Waals surface area contributed by atoms with E-state index in [1.807, 2.05) is 18.2 Å². The first kappa shape index (κ1) is 24.6. The number of likely N-dealkylation sites (N-methyl/N-ethyl adjacent to an activating group) is 1. The molecule has 0 spiro atoms. The van der Waals surface area contributed by atoms with Crippen LogP contribution in [0.5, 0.6) is 17.2 Å². The van der Waals surface area contributed by atoms with Crippen LogP contribution in [0.2, 0.25) is 0 Å². The smallest absolute Gasteiger partial charge is 0.270 e. The van der Waals surface area contributed by atoms with Crippen molar-refractivity contribution in [3.8, 4) is 29.1 Å². The number of carbonyl (C=O) groups excluding carboxylic acids is 2. The Morgan fingerprint density at radius 1 is 1.22 bits per heavy atom. The molecule has 5 rings (SSSR count). The molecule has 1 aromatic heterocycles. The van der Waals surface area contributed by atoms with Crippen molar-refractivity contribution in [1.82, 2.24) is 10.3 Å². The summed E-state index contributed by atoms with van der Waals surface area (Å²) in [6.45, 7) is -0.0707. The molecule has 1 fully saturated rings. The maximum Gasteiger partial charge on any atom is 0.270 e. The second-order valence-electron chi connectivity index (χ2n) is 8.72. The largest absolute Gasteiger partial charge is 0.616 e. The summed E-state index contributed by atoms with van der Waals surface area (Å²) in [5.41, 5.74) is -0.106.